The van der Waals surface area contributed by atoms with E-state index < -0.39 is 0 Å². The second-order valence-electron chi connectivity index (χ2n) is 7.85. The molecule has 1 aliphatic carbocycles. The minimum atomic E-state index is 0.451. The summed E-state index contributed by atoms with van der Waals surface area (Å²) in [4.78, 5) is 15.2. The Kier molecular flexibility index (Phi) is 4.98. The molecule has 1 fully saturated rings. The summed E-state index contributed by atoms with van der Waals surface area (Å²) >= 11 is 1.68. The molecule has 2 atom stereocenters. The Labute approximate surface area is 175 Å². The Hall–Kier alpha value is -2.79. The molecule has 0 radical (unpaired) electrons. The summed E-state index contributed by atoms with van der Waals surface area (Å²) in [7, 11) is 0. The predicted octanol–water partition coefficient (Wildman–Crippen LogP) is 6.41. The highest BCUT2D eigenvalue weighted by atomic mass is 32.1. The highest BCUT2D eigenvalue weighted by molar-refractivity contribution is 7.17. The SMILES string of the molecule is C[C@@H]1CCCC[C@@H]1Nc1nc(-c2cccnc2)nc2scc(-c3ccccc3)c12. The molecule has 0 bridgehead atoms. The minimum absolute atomic E-state index is 0.451. The van der Waals surface area contributed by atoms with Crippen molar-refractivity contribution in [3.63, 3.8) is 0 Å². The van der Waals surface area contributed by atoms with Gasteiger partial charge in [-0.05, 0) is 36.5 Å². The quantitative estimate of drug-likeness (QED) is 0.430. The van der Waals surface area contributed by atoms with E-state index in [0.29, 0.717) is 12.0 Å². The van der Waals surface area contributed by atoms with Gasteiger partial charge < -0.3 is 5.32 Å². The molecule has 0 amide bonds. The van der Waals surface area contributed by atoms with Crippen LogP contribution in [0.25, 0.3) is 32.7 Å². The molecule has 146 valence electrons. The fourth-order valence-corrected chi connectivity index (χ4v) is 5.15. The van der Waals surface area contributed by atoms with Crippen LogP contribution in [0.5, 0.6) is 0 Å². The van der Waals surface area contributed by atoms with Gasteiger partial charge in [0.1, 0.15) is 10.6 Å². The molecule has 3 heterocycles. The average Bonchev–Trinajstić information content (AvgIpc) is 3.21. The number of hydrogen-bond acceptors (Lipinski definition) is 5. The molecule has 29 heavy (non-hydrogen) atoms. The van der Waals surface area contributed by atoms with Gasteiger partial charge in [0.05, 0.1) is 5.39 Å². The highest BCUT2D eigenvalue weighted by Gasteiger charge is 2.24. The van der Waals surface area contributed by atoms with Crippen molar-refractivity contribution >= 4 is 27.4 Å². The number of rotatable bonds is 4. The van der Waals surface area contributed by atoms with Crippen molar-refractivity contribution in [2.24, 2.45) is 5.92 Å². The zero-order chi connectivity index (χ0) is 19.6. The second kappa shape index (κ2) is 7.91. The van der Waals surface area contributed by atoms with Gasteiger partial charge in [-0.1, -0.05) is 50.1 Å². The number of nitrogens with zero attached hydrogens (tertiary/aromatic N) is 3. The maximum absolute atomic E-state index is 5.00. The van der Waals surface area contributed by atoms with E-state index in [4.69, 9.17) is 9.97 Å². The van der Waals surface area contributed by atoms with E-state index in [1.165, 1.54) is 36.8 Å². The molecule has 3 aromatic heterocycles. The molecular weight excluding hydrogens is 376 g/mol. The lowest BCUT2D eigenvalue weighted by Gasteiger charge is -2.30. The lowest BCUT2D eigenvalue weighted by atomic mass is 9.86. The summed E-state index contributed by atoms with van der Waals surface area (Å²) in [5, 5.41) is 7.15. The maximum Gasteiger partial charge on any atom is 0.164 e. The van der Waals surface area contributed by atoms with Crippen molar-refractivity contribution in [1.29, 1.82) is 0 Å². The van der Waals surface area contributed by atoms with Crippen molar-refractivity contribution in [3.05, 3.63) is 60.2 Å². The molecular formula is C24H24N4S. The van der Waals surface area contributed by atoms with E-state index in [2.05, 4.69) is 52.9 Å². The maximum atomic E-state index is 5.00. The Balaban J connectivity index is 1.66. The summed E-state index contributed by atoms with van der Waals surface area (Å²) in [6.45, 7) is 2.35. The van der Waals surface area contributed by atoms with Crippen LogP contribution < -0.4 is 5.32 Å². The summed E-state index contributed by atoms with van der Waals surface area (Å²) in [6, 6.07) is 14.9. The monoisotopic (exact) mass is 400 g/mol. The summed E-state index contributed by atoms with van der Waals surface area (Å²) in [5.74, 6) is 2.33. The molecule has 1 saturated carbocycles. The Morgan fingerprint density at radius 1 is 0.966 bits per heavy atom. The zero-order valence-corrected chi connectivity index (χ0v) is 17.3. The number of pyridine rings is 1. The molecule has 1 aliphatic rings. The Morgan fingerprint density at radius 3 is 2.59 bits per heavy atom. The van der Waals surface area contributed by atoms with Gasteiger partial charge in [0.15, 0.2) is 5.82 Å². The fraction of sp³-hybridized carbons (Fsp3) is 0.292. The molecule has 5 rings (SSSR count). The number of nitrogens with one attached hydrogen (secondary N) is 1. The van der Waals surface area contributed by atoms with E-state index in [0.717, 1.165) is 27.4 Å². The minimum Gasteiger partial charge on any atom is -0.366 e. The van der Waals surface area contributed by atoms with Gasteiger partial charge >= 0.3 is 0 Å². The van der Waals surface area contributed by atoms with Gasteiger partial charge in [-0.2, -0.15) is 0 Å². The van der Waals surface area contributed by atoms with Crippen molar-refractivity contribution in [1.82, 2.24) is 15.0 Å². The fourth-order valence-electron chi connectivity index (χ4n) is 4.21. The van der Waals surface area contributed by atoms with Crippen LogP contribution in [-0.2, 0) is 0 Å². The molecule has 4 aromatic rings. The van der Waals surface area contributed by atoms with Gasteiger partial charge in [-0.3, -0.25) is 4.98 Å². The summed E-state index contributed by atoms with van der Waals surface area (Å²) in [5.41, 5.74) is 3.36. The first-order valence-electron chi connectivity index (χ1n) is 10.3. The van der Waals surface area contributed by atoms with Crippen LogP contribution in [0.2, 0.25) is 0 Å². The number of thiophene rings is 1. The normalized spacial score (nSPS) is 19.3. The van der Waals surface area contributed by atoms with Crippen LogP contribution in [0.3, 0.4) is 0 Å². The Bertz CT molecular complexity index is 1110. The molecule has 1 aromatic carbocycles. The molecule has 0 aliphatic heterocycles. The third kappa shape index (κ3) is 3.62. The van der Waals surface area contributed by atoms with Gasteiger partial charge in [0.2, 0.25) is 0 Å². The third-order valence-corrected chi connectivity index (χ3v) is 6.74. The lowest BCUT2D eigenvalue weighted by Crippen LogP contribution is -2.30. The largest absolute Gasteiger partial charge is 0.366 e. The van der Waals surface area contributed by atoms with Crippen molar-refractivity contribution < 1.29 is 0 Å². The second-order valence-corrected chi connectivity index (χ2v) is 8.70. The van der Waals surface area contributed by atoms with Crippen molar-refractivity contribution in [3.8, 4) is 22.5 Å². The molecule has 0 saturated heterocycles. The third-order valence-electron chi connectivity index (χ3n) is 5.87. The summed E-state index contributed by atoms with van der Waals surface area (Å²) < 4.78 is 0. The van der Waals surface area contributed by atoms with E-state index in [1.54, 1.807) is 17.5 Å². The van der Waals surface area contributed by atoms with Crippen LogP contribution in [0.4, 0.5) is 5.82 Å². The van der Waals surface area contributed by atoms with Gasteiger partial charge in [0, 0.05) is 34.9 Å². The zero-order valence-electron chi connectivity index (χ0n) is 16.5. The first kappa shape index (κ1) is 18.3. The lowest BCUT2D eigenvalue weighted by molar-refractivity contribution is 0.349. The van der Waals surface area contributed by atoms with Crippen LogP contribution in [0.1, 0.15) is 32.6 Å². The number of benzene rings is 1. The summed E-state index contributed by atoms with van der Waals surface area (Å²) in [6.07, 6.45) is 8.69. The van der Waals surface area contributed by atoms with Gasteiger partial charge in [-0.25, -0.2) is 9.97 Å². The van der Waals surface area contributed by atoms with E-state index in [1.807, 2.05) is 18.3 Å². The van der Waals surface area contributed by atoms with Gasteiger partial charge in [-0.15, -0.1) is 11.3 Å². The smallest absolute Gasteiger partial charge is 0.164 e. The van der Waals surface area contributed by atoms with E-state index in [9.17, 15) is 0 Å². The molecule has 5 heteroatoms. The number of aromatic nitrogens is 3. The topological polar surface area (TPSA) is 50.7 Å². The van der Waals surface area contributed by atoms with Crippen LogP contribution >= 0.6 is 11.3 Å². The molecule has 0 unspecified atom stereocenters. The van der Waals surface area contributed by atoms with Crippen LogP contribution in [0.15, 0.2) is 60.2 Å². The first-order valence-corrected chi connectivity index (χ1v) is 11.2. The number of fused-ring (bicyclic) bond motifs is 1. The number of hydrogen-bond donors (Lipinski definition) is 1. The molecule has 4 nitrogen and oxygen atoms in total. The highest BCUT2D eigenvalue weighted by Crippen LogP contribution is 2.39. The van der Waals surface area contributed by atoms with E-state index >= 15 is 0 Å². The van der Waals surface area contributed by atoms with E-state index in [-0.39, 0.29) is 0 Å². The predicted molar refractivity (Wildman–Crippen MR) is 121 cm³/mol. The first-order chi connectivity index (χ1) is 14.3. The van der Waals surface area contributed by atoms with Crippen molar-refractivity contribution in [2.45, 2.75) is 38.6 Å². The van der Waals surface area contributed by atoms with Crippen LogP contribution in [0, 0.1) is 5.92 Å². The standard InChI is InChI=1S/C24H24N4S/c1-16-8-5-6-12-20(16)26-23-21-19(17-9-3-2-4-10-17)15-29-24(21)28-22(27-23)18-11-7-13-25-14-18/h2-4,7,9-11,13-16,20H,5-6,8,12H2,1H3,(H,26,27,28)/t16-,20+/m1/s1. The van der Waals surface area contributed by atoms with Crippen molar-refractivity contribution in [2.75, 3.05) is 5.32 Å². The average molecular weight is 401 g/mol. The number of anilines is 1. The molecule has 0 spiro atoms. The molecule has 1 N–H and O–H groups in total. The van der Waals surface area contributed by atoms with Crippen LogP contribution in [-0.4, -0.2) is 21.0 Å². The Morgan fingerprint density at radius 2 is 1.79 bits per heavy atom. The van der Waals surface area contributed by atoms with Gasteiger partial charge in [0.25, 0.3) is 0 Å².